The predicted molar refractivity (Wildman–Crippen MR) is 134 cm³/mol. The van der Waals surface area contributed by atoms with Crippen LogP contribution in [0, 0.1) is 6.92 Å². The van der Waals surface area contributed by atoms with Crippen molar-refractivity contribution in [2.24, 2.45) is 0 Å². The van der Waals surface area contributed by atoms with Crippen LogP contribution >= 0.6 is 11.3 Å². The summed E-state index contributed by atoms with van der Waals surface area (Å²) in [7, 11) is 2.20. The molecule has 0 aliphatic carbocycles. The summed E-state index contributed by atoms with van der Waals surface area (Å²) in [6.45, 7) is 9.21. The van der Waals surface area contributed by atoms with Gasteiger partial charge >= 0.3 is 6.09 Å². The third-order valence-corrected chi connectivity index (χ3v) is 7.56. The lowest BCUT2D eigenvalue weighted by Gasteiger charge is -2.37. The maximum Gasteiger partial charge on any atom is 0.409 e. The summed E-state index contributed by atoms with van der Waals surface area (Å²) in [5.41, 5.74) is 3.02. The van der Waals surface area contributed by atoms with Crippen molar-refractivity contribution in [2.75, 3.05) is 57.8 Å². The van der Waals surface area contributed by atoms with E-state index in [4.69, 9.17) is 4.74 Å². The molecule has 0 radical (unpaired) electrons. The number of anilines is 1. The molecule has 2 aliphatic rings. The highest BCUT2D eigenvalue weighted by Gasteiger charge is 2.26. The number of ether oxygens (including phenoxy) is 1. The number of hydrogen-bond donors (Lipinski definition) is 0. The molecule has 2 aliphatic heterocycles. The maximum atomic E-state index is 12.9. The Bertz CT molecular complexity index is 963. The topological polar surface area (TPSA) is 69.2 Å². The van der Waals surface area contributed by atoms with Gasteiger partial charge in [0.2, 0.25) is 0 Å². The molecule has 0 saturated carbocycles. The van der Waals surface area contributed by atoms with Crippen molar-refractivity contribution in [3.8, 4) is 0 Å². The van der Waals surface area contributed by atoms with Crippen molar-refractivity contribution < 1.29 is 14.3 Å². The normalized spacial score (nSPS) is 17.4. The van der Waals surface area contributed by atoms with Crippen molar-refractivity contribution in [2.45, 2.75) is 39.3 Å². The molecule has 1 aromatic carbocycles. The van der Waals surface area contributed by atoms with Crippen LogP contribution in [0.3, 0.4) is 0 Å². The summed E-state index contributed by atoms with van der Waals surface area (Å²) >= 11 is 1.71. The monoisotopic (exact) mass is 485 g/mol. The van der Waals surface area contributed by atoms with E-state index in [1.807, 2.05) is 17.0 Å². The van der Waals surface area contributed by atoms with Crippen LogP contribution in [0.1, 0.15) is 40.8 Å². The van der Waals surface area contributed by atoms with Crippen molar-refractivity contribution in [3.63, 3.8) is 0 Å². The lowest BCUT2D eigenvalue weighted by atomic mass is 10.0. The van der Waals surface area contributed by atoms with Gasteiger partial charge in [-0.3, -0.25) is 9.69 Å². The van der Waals surface area contributed by atoms with Crippen molar-refractivity contribution in [3.05, 3.63) is 45.9 Å². The van der Waals surface area contributed by atoms with Gasteiger partial charge in [-0.25, -0.2) is 9.78 Å². The Morgan fingerprint density at radius 1 is 1.06 bits per heavy atom. The first kappa shape index (κ1) is 24.5. The maximum absolute atomic E-state index is 12.9. The average molecular weight is 486 g/mol. The fourth-order valence-corrected chi connectivity index (χ4v) is 5.34. The van der Waals surface area contributed by atoms with Gasteiger partial charge in [-0.15, -0.1) is 11.3 Å². The lowest BCUT2D eigenvalue weighted by molar-refractivity contribution is 0.0570. The Morgan fingerprint density at radius 3 is 2.29 bits per heavy atom. The van der Waals surface area contributed by atoms with E-state index in [2.05, 4.69) is 46.3 Å². The van der Waals surface area contributed by atoms with Crippen LogP contribution in [0.5, 0.6) is 0 Å². The smallest absolute Gasteiger partial charge is 0.409 e. The number of carbonyl (C=O) groups excluding carboxylic acids is 2. The molecule has 0 bridgehead atoms. The number of aromatic nitrogens is 1. The van der Waals surface area contributed by atoms with Crippen molar-refractivity contribution in [1.29, 1.82) is 0 Å². The molecule has 0 spiro atoms. The standard InChI is InChI=1S/C25H35N5O3S/c1-4-33-25(32)30-15-13-29(14-16-30)24(31)20-5-7-23(8-6-20)28-11-9-22(10-12-28)27(3)17-21-18-34-19(2)26-21/h5-8,18,22H,4,9-17H2,1-3H3. The molecule has 1 aromatic heterocycles. The molecule has 4 rings (SSSR count). The van der Waals surface area contributed by atoms with Gasteiger partial charge in [0.25, 0.3) is 5.91 Å². The minimum atomic E-state index is -0.299. The second-order valence-electron chi connectivity index (χ2n) is 9.02. The molecule has 2 aromatic rings. The number of thiazole rings is 1. The van der Waals surface area contributed by atoms with E-state index in [0.717, 1.165) is 43.2 Å². The zero-order valence-corrected chi connectivity index (χ0v) is 21.2. The quantitative estimate of drug-likeness (QED) is 0.624. The molecule has 184 valence electrons. The van der Waals surface area contributed by atoms with Gasteiger partial charge < -0.3 is 19.4 Å². The molecule has 8 nitrogen and oxygen atoms in total. The Morgan fingerprint density at radius 2 is 1.71 bits per heavy atom. The Kier molecular flexibility index (Phi) is 8.05. The molecule has 2 fully saturated rings. The SMILES string of the molecule is CCOC(=O)N1CCN(C(=O)c2ccc(N3CCC(N(C)Cc4csc(C)n4)CC3)cc2)CC1. The number of carbonyl (C=O) groups is 2. The summed E-state index contributed by atoms with van der Waals surface area (Å²) in [5.74, 6) is 0.0210. The first-order valence-corrected chi connectivity index (χ1v) is 13.0. The van der Waals surface area contributed by atoms with E-state index >= 15 is 0 Å². The highest BCUT2D eigenvalue weighted by molar-refractivity contribution is 7.09. The van der Waals surface area contributed by atoms with Crippen LogP contribution in [-0.2, 0) is 11.3 Å². The van der Waals surface area contributed by atoms with E-state index in [1.54, 1.807) is 23.2 Å². The summed E-state index contributed by atoms with van der Waals surface area (Å²) in [6, 6.07) is 8.54. The van der Waals surface area contributed by atoms with Gasteiger partial charge in [0.1, 0.15) is 0 Å². The molecule has 34 heavy (non-hydrogen) atoms. The summed E-state index contributed by atoms with van der Waals surface area (Å²) in [4.78, 5) is 37.7. The number of hydrogen-bond acceptors (Lipinski definition) is 7. The number of nitrogens with zero attached hydrogens (tertiary/aromatic N) is 5. The van der Waals surface area contributed by atoms with Crippen molar-refractivity contribution >= 4 is 29.0 Å². The highest BCUT2D eigenvalue weighted by atomic mass is 32.1. The van der Waals surface area contributed by atoms with Crippen LogP contribution in [-0.4, -0.2) is 90.6 Å². The number of benzene rings is 1. The highest BCUT2D eigenvalue weighted by Crippen LogP contribution is 2.24. The molecule has 0 N–H and O–H groups in total. The van der Waals surface area contributed by atoms with E-state index in [9.17, 15) is 9.59 Å². The second kappa shape index (κ2) is 11.2. The van der Waals surface area contributed by atoms with Gasteiger partial charge in [-0.1, -0.05) is 0 Å². The third-order valence-electron chi connectivity index (χ3n) is 6.74. The van der Waals surface area contributed by atoms with Gasteiger partial charge in [-0.05, 0) is 58.0 Å². The molecule has 9 heteroatoms. The Labute approximate surface area is 206 Å². The number of piperidine rings is 1. The van der Waals surface area contributed by atoms with Crippen LogP contribution in [0.25, 0.3) is 0 Å². The van der Waals surface area contributed by atoms with E-state index < -0.39 is 0 Å². The zero-order valence-electron chi connectivity index (χ0n) is 20.4. The summed E-state index contributed by atoms with van der Waals surface area (Å²) in [5, 5.41) is 3.28. The summed E-state index contributed by atoms with van der Waals surface area (Å²) in [6.07, 6.45) is 1.93. The second-order valence-corrected chi connectivity index (χ2v) is 10.1. The van der Waals surface area contributed by atoms with Gasteiger partial charge in [-0.2, -0.15) is 0 Å². The average Bonchev–Trinajstić information content (AvgIpc) is 3.28. The zero-order chi connectivity index (χ0) is 24.1. The van der Waals surface area contributed by atoms with Gasteiger partial charge in [0, 0.05) is 68.5 Å². The fraction of sp³-hybridized carbons (Fsp3) is 0.560. The number of amides is 2. The molecule has 2 saturated heterocycles. The number of piperazine rings is 1. The van der Waals surface area contributed by atoms with Crippen LogP contribution in [0.15, 0.2) is 29.6 Å². The Balaban J connectivity index is 1.25. The van der Waals surface area contributed by atoms with E-state index in [0.29, 0.717) is 44.4 Å². The number of rotatable bonds is 6. The largest absolute Gasteiger partial charge is 0.450 e. The van der Waals surface area contributed by atoms with Gasteiger partial charge in [0.05, 0.1) is 17.3 Å². The lowest BCUT2D eigenvalue weighted by Crippen LogP contribution is -2.50. The minimum absolute atomic E-state index is 0.0210. The molecule has 2 amide bonds. The molecular weight excluding hydrogens is 450 g/mol. The van der Waals surface area contributed by atoms with Crippen LogP contribution in [0.2, 0.25) is 0 Å². The Hall–Kier alpha value is -2.65. The molecule has 3 heterocycles. The first-order chi connectivity index (χ1) is 16.4. The fourth-order valence-electron chi connectivity index (χ4n) is 4.73. The van der Waals surface area contributed by atoms with Crippen molar-refractivity contribution in [1.82, 2.24) is 19.7 Å². The summed E-state index contributed by atoms with van der Waals surface area (Å²) < 4.78 is 5.05. The molecule has 0 unspecified atom stereocenters. The third kappa shape index (κ3) is 5.88. The molecular formula is C25H35N5O3S. The van der Waals surface area contributed by atoms with Gasteiger partial charge in [0.15, 0.2) is 0 Å². The van der Waals surface area contributed by atoms with E-state index in [1.165, 1.54) is 5.69 Å². The predicted octanol–water partition coefficient (Wildman–Crippen LogP) is 3.47. The first-order valence-electron chi connectivity index (χ1n) is 12.1. The minimum Gasteiger partial charge on any atom is -0.450 e. The number of aryl methyl sites for hydroxylation is 1. The molecule has 0 atom stereocenters. The van der Waals surface area contributed by atoms with Crippen LogP contribution < -0.4 is 4.90 Å². The van der Waals surface area contributed by atoms with E-state index in [-0.39, 0.29) is 12.0 Å². The van der Waals surface area contributed by atoms with Crippen LogP contribution in [0.4, 0.5) is 10.5 Å².